The number of rotatable bonds is 3. The summed E-state index contributed by atoms with van der Waals surface area (Å²) < 4.78 is 4.89. The molecule has 6 heteroatoms. The summed E-state index contributed by atoms with van der Waals surface area (Å²) in [7, 11) is 0. The van der Waals surface area contributed by atoms with Crippen molar-refractivity contribution in [3.8, 4) is 0 Å². The molecular weight excluding hydrogens is 232 g/mol. The van der Waals surface area contributed by atoms with Crippen molar-refractivity contribution in [3.63, 3.8) is 0 Å². The summed E-state index contributed by atoms with van der Waals surface area (Å²) in [6.45, 7) is 0.358. The first kappa shape index (κ1) is 10.8. The third kappa shape index (κ3) is 2.25. The SMILES string of the molecule is O=C(CCl)NCc1ccc2[nH]c(=O)oc2c1. The zero-order valence-electron chi connectivity index (χ0n) is 8.25. The lowest BCUT2D eigenvalue weighted by atomic mass is 10.2. The van der Waals surface area contributed by atoms with Crippen molar-refractivity contribution in [1.29, 1.82) is 0 Å². The van der Waals surface area contributed by atoms with Crippen LogP contribution in [-0.2, 0) is 11.3 Å². The zero-order chi connectivity index (χ0) is 11.5. The first-order valence-electron chi connectivity index (χ1n) is 4.63. The Hall–Kier alpha value is -1.75. The topological polar surface area (TPSA) is 75.1 Å². The number of H-pyrrole nitrogens is 1. The molecule has 0 atom stereocenters. The van der Waals surface area contributed by atoms with E-state index < -0.39 is 5.76 Å². The molecule has 0 radical (unpaired) electrons. The van der Waals surface area contributed by atoms with Crippen molar-refractivity contribution >= 4 is 28.6 Å². The summed E-state index contributed by atoms with van der Waals surface area (Å²) in [4.78, 5) is 24.4. The lowest BCUT2D eigenvalue weighted by Gasteiger charge is -2.02. The van der Waals surface area contributed by atoms with Crippen LogP contribution in [0.15, 0.2) is 27.4 Å². The zero-order valence-corrected chi connectivity index (χ0v) is 9.00. The number of carbonyl (C=O) groups excluding carboxylic acids is 1. The predicted octanol–water partition coefficient (Wildman–Crippen LogP) is 0.976. The fourth-order valence-corrected chi connectivity index (χ4v) is 1.44. The Morgan fingerprint density at radius 2 is 2.31 bits per heavy atom. The molecule has 1 heterocycles. The molecule has 1 amide bonds. The number of alkyl halides is 1. The highest BCUT2D eigenvalue weighted by molar-refractivity contribution is 6.27. The maximum Gasteiger partial charge on any atom is 0.417 e. The highest BCUT2D eigenvalue weighted by Gasteiger charge is 2.03. The number of hydrogen-bond donors (Lipinski definition) is 2. The maximum atomic E-state index is 10.9. The Morgan fingerprint density at radius 1 is 1.50 bits per heavy atom. The van der Waals surface area contributed by atoms with Gasteiger partial charge in [-0.2, -0.15) is 0 Å². The average Bonchev–Trinajstić information content (AvgIpc) is 2.65. The molecule has 0 saturated carbocycles. The van der Waals surface area contributed by atoms with Crippen molar-refractivity contribution in [2.75, 3.05) is 5.88 Å². The molecule has 16 heavy (non-hydrogen) atoms. The molecule has 0 aliphatic rings. The molecule has 0 bridgehead atoms. The molecule has 0 aliphatic carbocycles. The van der Waals surface area contributed by atoms with E-state index in [1.54, 1.807) is 18.2 Å². The van der Waals surface area contributed by atoms with Gasteiger partial charge >= 0.3 is 5.76 Å². The fraction of sp³-hybridized carbons (Fsp3) is 0.200. The normalized spacial score (nSPS) is 10.6. The molecule has 2 aromatic rings. The van der Waals surface area contributed by atoms with Gasteiger partial charge in [-0.25, -0.2) is 4.79 Å². The van der Waals surface area contributed by atoms with Crippen molar-refractivity contribution in [1.82, 2.24) is 10.3 Å². The smallest absolute Gasteiger partial charge is 0.408 e. The third-order valence-corrected chi connectivity index (χ3v) is 2.34. The van der Waals surface area contributed by atoms with Crippen LogP contribution in [-0.4, -0.2) is 16.8 Å². The monoisotopic (exact) mass is 240 g/mol. The first-order chi connectivity index (χ1) is 7.69. The van der Waals surface area contributed by atoms with Gasteiger partial charge in [-0.05, 0) is 17.7 Å². The quantitative estimate of drug-likeness (QED) is 0.786. The van der Waals surface area contributed by atoms with E-state index >= 15 is 0 Å². The summed E-state index contributed by atoms with van der Waals surface area (Å²) in [6, 6.07) is 5.21. The average molecular weight is 241 g/mol. The Labute approximate surface area is 95.4 Å². The molecule has 1 aromatic carbocycles. The lowest BCUT2D eigenvalue weighted by Crippen LogP contribution is -2.23. The van der Waals surface area contributed by atoms with E-state index in [2.05, 4.69) is 10.3 Å². The lowest BCUT2D eigenvalue weighted by molar-refractivity contribution is -0.118. The largest absolute Gasteiger partial charge is 0.417 e. The number of halogens is 1. The Morgan fingerprint density at radius 3 is 3.06 bits per heavy atom. The van der Waals surface area contributed by atoms with Crippen molar-refractivity contribution in [2.24, 2.45) is 0 Å². The number of nitrogens with one attached hydrogen (secondary N) is 2. The highest BCUT2D eigenvalue weighted by atomic mass is 35.5. The van der Waals surface area contributed by atoms with E-state index in [0.29, 0.717) is 17.6 Å². The fourth-order valence-electron chi connectivity index (χ4n) is 1.35. The van der Waals surface area contributed by atoms with Crippen LogP contribution in [0.25, 0.3) is 11.1 Å². The Kier molecular flexibility index (Phi) is 2.96. The van der Waals surface area contributed by atoms with Gasteiger partial charge in [-0.3, -0.25) is 9.78 Å². The number of fused-ring (bicyclic) bond motifs is 1. The number of oxazole rings is 1. The van der Waals surface area contributed by atoms with Crippen LogP contribution in [0, 0.1) is 0 Å². The number of aromatic amines is 1. The number of benzene rings is 1. The predicted molar refractivity (Wildman–Crippen MR) is 59.4 cm³/mol. The molecule has 0 saturated heterocycles. The van der Waals surface area contributed by atoms with Gasteiger partial charge in [0.05, 0.1) is 5.52 Å². The summed E-state index contributed by atoms with van der Waals surface area (Å²) in [5.41, 5.74) is 1.95. The molecule has 0 fully saturated rings. The van der Waals surface area contributed by atoms with Crippen LogP contribution >= 0.6 is 11.6 Å². The Bertz CT molecular complexity index is 573. The molecule has 1 aromatic heterocycles. The third-order valence-electron chi connectivity index (χ3n) is 2.10. The second-order valence-corrected chi connectivity index (χ2v) is 3.52. The molecule has 0 spiro atoms. The van der Waals surface area contributed by atoms with E-state index in [4.69, 9.17) is 16.0 Å². The van der Waals surface area contributed by atoms with Crippen LogP contribution in [0.1, 0.15) is 5.56 Å². The van der Waals surface area contributed by atoms with E-state index in [9.17, 15) is 9.59 Å². The van der Waals surface area contributed by atoms with E-state index in [1.165, 1.54) is 0 Å². The molecule has 0 aliphatic heterocycles. The van der Waals surface area contributed by atoms with Crippen molar-refractivity contribution in [3.05, 3.63) is 34.3 Å². The second-order valence-electron chi connectivity index (χ2n) is 3.26. The van der Waals surface area contributed by atoms with Gasteiger partial charge in [-0.1, -0.05) is 6.07 Å². The number of amides is 1. The summed E-state index contributed by atoms with van der Waals surface area (Å²) in [5, 5.41) is 2.62. The number of hydrogen-bond acceptors (Lipinski definition) is 3. The van der Waals surface area contributed by atoms with Gasteiger partial charge in [0, 0.05) is 6.54 Å². The maximum absolute atomic E-state index is 10.9. The molecule has 2 rings (SSSR count). The van der Waals surface area contributed by atoms with Crippen LogP contribution in [0.3, 0.4) is 0 Å². The summed E-state index contributed by atoms with van der Waals surface area (Å²) >= 11 is 5.34. The summed E-state index contributed by atoms with van der Waals surface area (Å²) in [5.74, 6) is -0.796. The van der Waals surface area contributed by atoms with Gasteiger partial charge in [-0.15, -0.1) is 11.6 Å². The van der Waals surface area contributed by atoms with Crippen molar-refractivity contribution in [2.45, 2.75) is 6.54 Å². The second kappa shape index (κ2) is 4.40. The molecular formula is C10H9ClN2O3. The summed E-state index contributed by atoms with van der Waals surface area (Å²) in [6.07, 6.45) is 0. The van der Waals surface area contributed by atoms with Gasteiger partial charge in [0.15, 0.2) is 5.58 Å². The molecule has 2 N–H and O–H groups in total. The van der Waals surface area contributed by atoms with Crippen LogP contribution in [0.2, 0.25) is 0 Å². The minimum absolute atomic E-state index is 0.0680. The van der Waals surface area contributed by atoms with Crippen LogP contribution in [0.4, 0.5) is 0 Å². The first-order valence-corrected chi connectivity index (χ1v) is 5.17. The van der Waals surface area contributed by atoms with Crippen LogP contribution < -0.4 is 11.1 Å². The minimum atomic E-state index is -0.489. The number of aromatic nitrogens is 1. The van der Waals surface area contributed by atoms with E-state index in [0.717, 1.165) is 5.56 Å². The van der Waals surface area contributed by atoms with E-state index in [1.807, 2.05) is 0 Å². The van der Waals surface area contributed by atoms with Gasteiger partial charge in [0.25, 0.3) is 0 Å². The van der Waals surface area contributed by atoms with Crippen LogP contribution in [0.5, 0.6) is 0 Å². The highest BCUT2D eigenvalue weighted by Crippen LogP contribution is 2.11. The standard InChI is InChI=1S/C10H9ClN2O3/c11-4-9(14)12-5-6-1-2-7-8(3-6)16-10(15)13-7/h1-3H,4-5H2,(H,12,14)(H,13,15). The number of carbonyl (C=O) groups is 1. The molecule has 84 valence electrons. The Balaban J connectivity index is 2.19. The minimum Gasteiger partial charge on any atom is -0.408 e. The molecule has 0 unspecified atom stereocenters. The van der Waals surface area contributed by atoms with Crippen molar-refractivity contribution < 1.29 is 9.21 Å². The van der Waals surface area contributed by atoms with Gasteiger partial charge < -0.3 is 9.73 Å². The molecule has 5 nitrogen and oxygen atoms in total. The van der Waals surface area contributed by atoms with Gasteiger partial charge in [0.1, 0.15) is 5.88 Å². The van der Waals surface area contributed by atoms with E-state index in [-0.39, 0.29) is 11.8 Å². The van der Waals surface area contributed by atoms with Gasteiger partial charge in [0.2, 0.25) is 5.91 Å².